The van der Waals surface area contributed by atoms with Gasteiger partial charge in [-0.3, -0.25) is 4.90 Å². The van der Waals surface area contributed by atoms with Gasteiger partial charge in [-0.05, 0) is 49.9 Å². The van der Waals surface area contributed by atoms with Crippen LogP contribution < -0.4 is 5.73 Å². The van der Waals surface area contributed by atoms with Crippen LogP contribution in [0, 0.1) is 5.92 Å². The van der Waals surface area contributed by atoms with Crippen molar-refractivity contribution in [2.75, 3.05) is 13.1 Å². The normalized spacial score (nSPS) is 21.3. The summed E-state index contributed by atoms with van der Waals surface area (Å²) in [7, 11) is 0. The largest absolute Gasteiger partial charge is 0.326 e. The summed E-state index contributed by atoms with van der Waals surface area (Å²) in [6.45, 7) is 6.75. The van der Waals surface area contributed by atoms with Crippen LogP contribution in [0.4, 0.5) is 0 Å². The van der Waals surface area contributed by atoms with Gasteiger partial charge in [-0.1, -0.05) is 43.6 Å². The number of nitrogens with zero attached hydrogens (tertiary/aromatic N) is 1. The number of benzene rings is 1. The fraction of sp³-hybridized carbons (Fsp3) is 0.625. The molecule has 19 heavy (non-hydrogen) atoms. The molecule has 0 radical (unpaired) electrons. The minimum absolute atomic E-state index is 0.147. The van der Waals surface area contributed by atoms with E-state index in [1.54, 1.807) is 0 Å². The first-order valence-electron chi connectivity index (χ1n) is 7.37. The Kier molecular flexibility index (Phi) is 5.26. The molecule has 0 amide bonds. The summed E-state index contributed by atoms with van der Waals surface area (Å²) in [5, 5.41) is 0.843. The summed E-state index contributed by atoms with van der Waals surface area (Å²) in [6.07, 6.45) is 3.50. The maximum atomic E-state index is 6.39. The van der Waals surface area contributed by atoms with Gasteiger partial charge in [0.1, 0.15) is 0 Å². The molecule has 1 fully saturated rings. The molecule has 0 bridgehead atoms. The second-order valence-electron chi connectivity index (χ2n) is 5.76. The predicted molar refractivity (Wildman–Crippen MR) is 82.4 cm³/mol. The van der Waals surface area contributed by atoms with Crippen molar-refractivity contribution in [1.29, 1.82) is 0 Å². The molecular formula is C16H25ClN2. The molecule has 1 aromatic carbocycles. The van der Waals surface area contributed by atoms with Crippen molar-refractivity contribution in [3.63, 3.8) is 0 Å². The zero-order valence-electron chi connectivity index (χ0n) is 12.0. The van der Waals surface area contributed by atoms with E-state index in [1.807, 2.05) is 12.1 Å². The van der Waals surface area contributed by atoms with Gasteiger partial charge in [0, 0.05) is 11.1 Å². The molecule has 2 atom stereocenters. The van der Waals surface area contributed by atoms with Gasteiger partial charge in [0.15, 0.2) is 0 Å². The monoisotopic (exact) mass is 280 g/mol. The Morgan fingerprint density at radius 2 is 1.95 bits per heavy atom. The van der Waals surface area contributed by atoms with E-state index in [4.69, 9.17) is 17.3 Å². The van der Waals surface area contributed by atoms with E-state index < -0.39 is 0 Å². The van der Waals surface area contributed by atoms with Crippen LogP contribution in [-0.4, -0.2) is 24.0 Å². The Morgan fingerprint density at radius 3 is 2.53 bits per heavy atom. The number of hydrogen-bond acceptors (Lipinski definition) is 2. The lowest BCUT2D eigenvalue weighted by Gasteiger charge is -2.40. The Morgan fingerprint density at radius 1 is 1.32 bits per heavy atom. The summed E-state index contributed by atoms with van der Waals surface area (Å²) < 4.78 is 0. The van der Waals surface area contributed by atoms with Gasteiger partial charge >= 0.3 is 0 Å². The summed E-state index contributed by atoms with van der Waals surface area (Å²) in [6, 6.07) is 8.54. The van der Waals surface area contributed by atoms with Crippen molar-refractivity contribution >= 4 is 11.6 Å². The summed E-state index contributed by atoms with van der Waals surface area (Å²) in [5.74, 6) is 0.834. The van der Waals surface area contributed by atoms with Crippen molar-refractivity contribution in [2.24, 2.45) is 11.7 Å². The average Bonchev–Trinajstić information content (AvgIpc) is 2.43. The van der Waals surface area contributed by atoms with Crippen LogP contribution in [-0.2, 0) is 0 Å². The number of hydrogen-bond donors (Lipinski definition) is 1. The standard InChI is InChI=1S/C16H25ClN2/c1-3-15(18)16(13-6-4-5-7-14(13)17)19-10-8-12(2)9-11-19/h4-7,12,15-16H,3,8-11,18H2,1-2H3. The van der Waals surface area contributed by atoms with Crippen LogP contribution in [0.2, 0.25) is 5.02 Å². The van der Waals surface area contributed by atoms with Gasteiger partial charge in [0.05, 0.1) is 6.04 Å². The van der Waals surface area contributed by atoms with Crippen LogP contribution >= 0.6 is 11.6 Å². The van der Waals surface area contributed by atoms with E-state index in [9.17, 15) is 0 Å². The Hall–Kier alpha value is -0.570. The zero-order chi connectivity index (χ0) is 13.8. The lowest BCUT2D eigenvalue weighted by molar-refractivity contribution is 0.119. The van der Waals surface area contributed by atoms with Gasteiger partial charge in [-0.25, -0.2) is 0 Å². The summed E-state index contributed by atoms with van der Waals surface area (Å²) in [5.41, 5.74) is 7.57. The van der Waals surface area contributed by atoms with Crippen molar-refractivity contribution in [3.05, 3.63) is 34.9 Å². The quantitative estimate of drug-likeness (QED) is 0.908. The molecule has 3 heteroatoms. The van der Waals surface area contributed by atoms with Crippen LogP contribution in [0.1, 0.15) is 44.7 Å². The highest BCUT2D eigenvalue weighted by molar-refractivity contribution is 6.31. The Balaban J connectivity index is 2.24. The van der Waals surface area contributed by atoms with E-state index in [2.05, 4.69) is 30.9 Å². The maximum Gasteiger partial charge on any atom is 0.0513 e. The second kappa shape index (κ2) is 6.74. The smallest absolute Gasteiger partial charge is 0.0513 e. The van der Waals surface area contributed by atoms with Gasteiger partial charge < -0.3 is 5.73 Å². The number of likely N-dealkylation sites (tertiary alicyclic amines) is 1. The molecule has 2 rings (SSSR count). The van der Waals surface area contributed by atoms with Crippen LogP contribution in [0.25, 0.3) is 0 Å². The zero-order valence-corrected chi connectivity index (χ0v) is 12.7. The third kappa shape index (κ3) is 3.50. The molecule has 2 N–H and O–H groups in total. The average molecular weight is 281 g/mol. The van der Waals surface area contributed by atoms with Gasteiger partial charge in [-0.2, -0.15) is 0 Å². The van der Waals surface area contributed by atoms with Crippen molar-refractivity contribution in [3.8, 4) is 0 Å². The fourth-order valence-corrected chi connectivity index (χ4v) is 3.19. The third-order valence-corrected chi connectivity index (χ3v) is 4.66. The molecule has 1 saturated heterocycles. The predicted octanol–water partition coefficient (Wildman–Crippen LogP) is 3.85. The van der Waals surface area contributed by atoms with E-state index in [1.165, 1.54) is 18.4 Å². The second-order valence-corrected chi connectivity index (χ2v) is 6.16. The van der Waals surface area contributed by atoms with E-state index in [-0.39, 0.29) is 12.1 Å². The van der Waals surface area contributed by atoms with Crippen LogP contribution in [0.15, 0.2) is 24.3 Å². The molecule has 0 aliphatic carbocycles. The first-order valence-corrected chi connectivity index (χ1v) is 7.75. The molecule has 0 aromatic heterocycles. The first kappa shape index (κ1) is 14.8. The van der Waals surface area contributed by atoms with E-state index >= 15 is 0 Å². The highest BCUT2D eigenvalue weighted by Gasteiger charge is 2.29. The molecule has 1 aromatic rings. The Labute approximate surface area is 121 Å². The minimum Gasteiger partial charge on any atom is -0.326 e. The van der Waals surface area contributed by atoms with E-state index in [0.717, 1.165) is 30.5 Å². The highest BCUT2D eigenvalue weighted by Crippen LogP contribution is 2.33. The topological polar surface area (TPSA) is 29.3 Å². The molecule has 106 valence electrons. The molecule has 1 aliphatic rings. The summed E-state index contributed by atoms with van der Waals surface area (Å²) >= 11 is 6.39. The summed E-state index contributed by atoms with van der Waals surface area (Å²) in [4.78, 5) is 2.52. The van der Waals surface area contributed by atoms with Crippen molar-refractivity contribution in [2.45, 2.75) is 45.2 Å². The fourth-order valence-electron chi connectivity index (χ4n) is 2.94. The minimum atomic E-state index is 0.147. The molecule has 2 nitrogen and oxygen atoms in total. The van der Waals surface area contributed by atoms with Crippen molar-refractivity contribution in [1.82, 2.24) is 4.90 Å². The number of nitrogens with two attached hydrogens (primary N) is 1. The Bertz CT molecular complexity index is 399. The van der Waals surface area contributed by atoms with Crippen LogP contribution in [0.3, 0.4) is 0 Å². The molecule has 0 saturated carbocycles. The molecule has 2 unspecified atom stereocenters. The molecule has 0 spiro atoms. The third-order valence-electron chi connectivity index (χ3n) is 4.31. The first-order chi connectivity index (χ1) is 9.13. The lowest BCUT2D eigenvalue weighted by Crippen LogP contribution is -2.44. The molecule has 1 aliphatic heterocycles. The van der Waals surface area contributed by atoms with Gasteiger partial charge in [0.2, 0.25) is 0 Å². The van der Waals surface area contributed by atoms with E-state index in [0.29, 0.717) is 0 Å². The SMILES string of the molecule is CCC(N)C(c1ccccc1Cl)N1CCC(C)CC1. The van der Waals surface area contributed by atoms with Gasteiger partial charge in [-0.15, -0.1) is 0 Å². The maximum absolute atomic E-state index is 6.39. The molecular weight excluding hydrogens is 256 g/mol. The number of halogens is 1. The molecule has 1 heterocycles. The lowest BCUT2D eigenvalue weighted by atomic mass is 9.91. The highest BCUT2D eigenvalue weighted by atomic mass is 35.5. The van der Waals surface area contributed by atoms with Crippen molar-refractivity contribution < 1.29 is 0 Å². The number of piperidine rings is 1. The van der Waals surface area contributed by atoms with Gasteiger partial charge in [0.25, 0.3) is 0 Å². The van der Waals surface area contributed by atoms with Crippen LogP contribution in [0.5, 0.6) is 0 Å². The number of rotatable bonds is 4.